The molecule has 6 nitrogen and oxygen atoms in total. The summed E-state index contributed by atoms with van der Waals surface area (Å²) in [5.41, 5.74) is -2.49. The van der Waals surface area contributed by atoms with Crippen LogP contribution in [0.2, 0.25) is 0 Å². The molecule has 0 heterocycles. The third-order valence-electron chi connectivity index (χ3n) is 8.43. The van der Waals surface area contributed by atoms with Gasteiger partial charge in [0.15, 0.2) is 11.6 Å². The summed E-state index contributed by atoms with van der Waals surface area (Å²) in [4.78, 5) is 37.6. The summed E-state index contributed by atoms with van der Waals surface area (Å²) in [6.45, 7) is 3.03. The van der Waals surface area contributed by atoms with Gasteiger partial charge in [0.1, 0.15) is 18.0 Å². The fraction of sp³-hybridized carbons (Fsp3) is 0.762. The van der Waals surface area contributed by atoms with E-state index in [4.69, 9.17) is 0 Å². The minimum Gasteiger partial charge on any atom is -0.389 e. The van der Waals surface area contributed by atoms with Gasteiger partial charge in [-0.05, 0) is 49.2 Å². The van der Waals surface area contributed by atoms with Gasteiger partial charge in [0.25, 0.3) is 0 Å². The Hall–Kier alpha value is -1.37. The molecule has 3 saturated carbocycles. The Morgan fingerprint density at radius 2 is 1.96 bits per heavy atom. The molecule has 4 aliphatic carbocycles. The first-order chi connectivity index (χ1) is 12.6. The maximum atomic E-state index is 13.3. The summed E-state index contributed by atoms with van der Waals surface area (Å²) in [6, 6.07) is 0. The van der Waals surface area contributed by atoms with Crippen LogP contribution in [-0.4, -0.2) is 51.0 Å². The van der Waals surface area contributed by atoms with Gasteiger partial charge in [-0.2, -0.15) is 0 Å². The van der Waals surface area contributed by atoms with Gasteiger partial charge >= 0.3 is 0 Å². The zero-order valence-corrected chi connectivity index (χ0v) is 15.9. The summed E-state index contributed by atoms with van der Waals surface area (Å²) >= 11 is 0. The summed E-state index contributed by atoms with van der Waals surface area (Å²) < 4.78 is 0. The maximum absolute atomic E-state index is 13.3. The monoisotopic (exact) mass is 376 g/mol. The van der Waals surface area contributed by atoms with Crippen LogP contribution < -0.4 is 0 Å². The van der Waals surface area contributed by atoms with Gasteiger partial charge in [-0.25, -0.2) is 0 Å². The number of hydrogen-bond donors (Lipinski definition) is 3. The highest BCUT2D eigenvalue weighted by Gasteiger charge is 2.69. The Morgan fingerprint density at radius 1 is 1.26 bits per heavy atom. The van der Waals surface area contributed by atoms with Gasteiger partial charge in [-0.15, -0.1) is 0 Å². The summed E-state index contributed by atoms with van der Waals surface area (Å²) in [6.07, 6.45) is 2.96. The number of carbonyl (C=O) groups excluding carboxylic acids is 3. The average Bonchev–Trinajstić information content (AvgIpc) is 2.87. The Morgan fingerprint density at radius 3 is 2.63 bits per heavy atom. The SMILES string of the molecule is CC12CCC(=O)C=C1C(O)CC1C2C(=O)CC2(C)C1CCC2(O)C(=O)CO. The van der Waals surface area contributed by atoms with Crippen molar-refractivity contribution < 1.29 is 29.7 Å². The molecule has 7 unspecified atom stereocenters. The normalized spacial score (nSPS) is 49.1. The van der Waals surface area contributed by atoms with E-state index in [9.17, 15) is 29.7 Å². The van der Waals surface area contributed by atoms with Gasteiger partial charge in [0.2, 0.25) is 0 Å². The van der Waals surface area contributed by atoms with Crippen molar-refractivity contribution in [2.75, 3.05) is 6.61 Å². The Kier molecular flexibility index (Phi) is 4.09. The van der Waals surface area contributed by atoms with Crippen molar-refractivity contribution in [3.63, 3.8) is 0 Å². The number of aliphatic hydroxyl groups is 3. The molecule has 0 saturated heterocycles. The van der Waals surface area contributed by atoms with Crippen LogP contribution in [0.4, 0.5) is 0 Å². The van der Waals surface area contributed by atoms with Crippen molar-refractivity contribution in [1.82, 2.24) is 0 Å². The highest BCUT2D eigenvalue weighted by Crippen LogP contribution is 2.66. The molecule has 0 aliphatic heterocycles. The van der Waals surface area contributed by atoms with Crippen LogP contribution in [0.3, 0.4) is 0 Å². The standard InChI is InChI=1S/C21H28O6/c1-19-5-3-11(23)7-14(19)15(24)8-12-13-4-6-21(27,17(26)10-22)20(13,2)9-16(25)18(12)19/h7,12-13,15,18,22,24,27H,3-6,8-10H2,1-2H3. The van der Waals surface area contributed by atoms with Crippen molar-refractivity contribution in [2.45, 2.75) is 64.1 Å². The minimum absolute atomic E-state index is 0.000497. The van der Waals surface area contributed by atoms with Crippen molar-refractivity contribution in [2.24, 2.45) is 28.6 Å². The van der Waals surface area contributed by atoms with E-state index in [0.717, 1.165) is 0 Å². The molecular formula is C21H28O6. The Labute approximate surface area is 158 Å². The van der Waals surface area contributed by atoms with Crippen LogP contribution in [0.25, 0.3) is 0 Å². The van der Waals surface area contributed by atoms with Crippen molar-refractivity contribution in [3.05, 3.63) is 11.6 Å². The third-order valence-corrected chi connectivity index (χ3v) is 8.43. The van der Waals surface area contributed by atoms with Crippen molar-refractivity contribution >= 4 is 17.3 Å². The lowest BCUT2D eigenvalue weighted by Gasteiger charge is -2.58. The molecule has 0 bridgehead atoms. The van der Waals surface area contributed by atoms with E-state index in [0.29, 0.717) is 31.3 Å². The second-order valence-corrected chi connectivity index (χ2v) is 9.52. The lowest BCUT2D eigenvalue weighted by molar-refractivity contribution is -0.172. The molecule has 148 valence electrons. The third kappa shape index (κ3) is 2.26. The van der Waals surface area contributed by atoms with E-state index in [1.54, 1.807) is 6.92 Å². The lowest BCUT2D eigenvalue weighted by Crippen LogP contribution is -2.62. The zero-order chi connectivity index (χ0) is 19.8. The number of ketones is 3. The molecule has 4 rings (SSSR count). The van der Waals surface area contributed by atoms with Crippen LogP contribution >= 0.6 is 0 Å². The molecule has 0 aromatic carbocycles. The molecule has 6 heteroatoms. The van der Waals surface area contributed by atoms with E-state index in [1.165, 1.54) is 6.08 Å². The predicted octanol–water partition coefficient (Wildman–Crippen LogP) is 0.961. The van der Waals surface area contributed by atoms with Gasteiger partial charge in [-0.1, -0.05) is 13.8 Å². The predicted molar refractivity (Wildman–Crippen MR) is 95.5 cm³/mol. The smallest absolute Gasteiger partial charge is 0.190 e. The van der Waals surface area contributed by atoms with Gasteiger partial charge in [0.05, 0.1) is 6.10 Å². The Bertz CT molecular complexity index is 756. The highest BCUT2D eigenvalue weighted by molar-refractivity contribution is 5.94. The van der Waals surface area contributed by atoms with Gasteiger partial charge in [-0.3, -0.25) is 14.4 Å². The fourth-order valence-electron chi connectivity index (χ4n) is 7.03. The molecule has 3 N–H and O–H groups in total. The molecule has 0 amide bonds. The molecular weight excluding hydrogens is 348 g/mol. The molecule has 0 spiro atoms. The minimum atomic E-state index is -1.70. The van der Waals surface area contributed by atoms with Crippen LogP contribution in [0.15, 0.2) is 11.6 Å². The molecule has 0 aromatic rings. The summed E-state index contributed by atoms with van der Waals surface area (Å²) in [7, 11) is 0. The number of hydrogen-bond acceptors (Lipinski definition) is 6. The first kappa shape index (κ1) is 19.0. The van der Waals surface area contributed by atoms with E-state index < -0.39 is 34.9 Å². The van der Waals surface area contributed by atoms with Crippen LogP contribution in [0.1, 0.15) is 52.4 Å². The molecule has 0 aromatic heterocycles. The number of rotatable bonds is 2. The second kappa shape index (κ2) is 5.82. The second-order valence-electron chi connectivity index (χ2n) is 9.52. The number of aliphatic hydroxyl groups excluding tert-OH is 2. The van der Waals surface area contributed by atoms with Crippen LogP contribution in [-0.2, 0) is 14.4 Å². The van der Waals surface area contributed by atoms with Gasteiger partial charge in [0, 0.05) is 29.6 Å². The van der Waals surface area contributed by atoms with Crippen molar-refractivity contribution in [3.8, 4) is 0 Å². The number of fused-ring (bicyclic) bond motifs is 5. The molecule has 7 atom stereocenters. The first-order valence-electron chi connectivity index (χ1n) is 9.91. The number of Topliss-reactive ketones (excluding diaryl/α,β-unsaturated/α-hetero) is 2. The molecule has 3 fully saturated rings. The molecule has 0 radical (unpaired) electrons. The van der Waals surface area contributed by atoms with Crippen molar-refractivity contribution in [1.29, 1.82) is 0 Å². The summed E-state index contributed by atoms with van der Waals surface area (Å²) in [5, 5.41) is 31.3. The van der Waals surface area contributed by atoms with E-state index in [1.807, 2.05) is 6.92 Å². The molecule has 4 aliphatic rings. The Balaban J connectivity index is 1.78. The van der Waals surface area contributed by atoms with Crippen LogP contribution in [0, 0.1) is 28.6 Å². The lowest BCUT2D eigenvalue weighted by atomic mass is 9.45. The van der Waals surface area contributed by atoms with Crippen LogP contribution in [0.5, 0.6) is 0 Å². The maximum Gasteiger partial charge on any atom is 0.190 e. The van der Waals surface area contributed by atoms with E-state index >= 15 is 0 Å². The zero-order valence-electron chi connectivity index (χ0n) is 15.9. The van der Waals surface area contributed by atoms with Gasteiger partial charge < -0.3 is 15.3 Å². The highest BCUT2D eigenvalue weighted by atomic mass is 16.3. The molecule has 27 heavy (non-hydrogen) atoms. The first-order valence-corrected chi connectivity index (χ1v) is 9.91. The topological polar surface area (TPSA) is 112 Å². The summed E-state index contributed by atoms with van der Waals surface area (Å²) in [5.74, 6) is -1.14. The van der Waals surface area contributed by atoms with E-state index in [-0.39, 0.29) is 42.2 Å². The number of carbonyl (C=O) groups is 3. The van der Waals surface area contributed by atoms with E-state index in [2.05, 4.69) is 0 Å². The fourth-order valence-corrected chi connectivity index (χ4v) is 7.03. The average molecular weight is 376 g/mol. The largest absolute Gasteiger partial charge is 0.389 e. The quantitative estimate of drug-likeness (QED) is 0.662.